The SMILES string of the molecule is CCOC(C)=O.COc1ccc([C@@]23CCC[C@H](C#CC#Cc4ccccc4)[C@@H]2N(OC)C(=O)C3)cc1OC.COc1ccc([C@]23CCC[C@@H](C#CC#Cc4ccccc4)[C@H]2N(OC)C(=O)C3)cc1OC. The molecule has 0 aromatic heterocycles. The number of nitrogens with zero attached hydrogens (tertiary/aromatic N) is 2. The molecule has 2 aliphatic carbocycles. The predicted molar refractivity (Wildman–Crippen MR) is 266 cm³/mol. The van der Waals surface area contributed by atoms with E-state index in [-0.39, 0.29) is 41.7 Å². The molecule has 2 saturated carbocycles. The molecule has 2 amide bonds. The molecule has 0 radical (unpaired) electrons. The van der Waals surface area contributed by atoms with Crippen LogP contribution in [0, 0.1) is 59.2 Å². The van der Waals surface area contributed by atoms with Crippen LogP contribution in [-0.2, 0) is 39.6 Å². The molecule has 6 atom stereocenters. The number of amides is 2. The van der Waals surface area contributed by atoms with Crippen LogP contribution in [0.1, 0.15) is 87.5 Å². The van der Waals surface area contributed by atoms with Gasteiger partial charge in [-0.2, -0.15) is 0 Å². The minimum Gasteiger partial charge on any atom is -0.493 e. The Kier molecular flexibility index (Phi) is 18.4. The fraction of sp³-hybridized carbons (Fsp3) is 0.397. The number of hydroxylamine groups is 4. The lowest BCUT2D eigenvalue weighted by Crippen LogP contribution is -2.50. The zero-order valence-electron chi connectivity index (χ0n) is 41.4. The topological polar surface area (TPSA) is 122 Å². The summed E-state index contributed by atoms with van der Waals surface area (Å²) in [6, 6.07) is 31.1. The van der Waals surface area contributed by atoms with Crippen molar-refractivity contribution in [2.24, 2.45) is 11.8 Å². The van der Waals surface area contributed by atoms with Gasteiger partial charge in [-0.1, -0.05) is 85.1 Å². The van der Waals surface area contributed by atoms with Crippen LogP contribution < -0.4 is 18.9 Å². The summed E-state index contributed by atoms with van der Waals surface area (Å²) < 4.78 is 26.3. The summed E-state index contributed by atoms with van der Waals surface area (Å²) in [5, 5.41) is 3.06. The van der Waals surface area contributed by atoms with Crippen LogP contribution in [-0.4, -0.2) is 89.3 Å². The van der Waals surface area contributed by atoms with Gasteiger partial charge in [-0.3, -0.25) is 24.1 Å². The first-order chi connectivity index (χ1) is 34.0. The molecule has 12 nitrogen and oxygen atoms in total. The van der Waals surface area contributed by atoms with Crippen molar-refractivity contribution in [2.75, 3.05) is 49.3 Å². The van der Waals surface area contributed by atoms with Gasteiger partial charge in [-0.25, -0.2) is 10.1 Å². The highest BCUT2D eigenvalue weighted by atomic mass is 16.7. The van der Waals surface area contributed by atoms with Gasteiger partial charge in [-0.15, -0.1) is 0 Å². The molecular weight excluding hydrogens is 885 g/mol. The minimum absolute atomic E-state index is 0.0173. The molecule has 0 unspecified atom stereocenters. The number of ether oxygens (including phenoxy) is 5. The Bertz CT molecular complexity index is 2540. The Balaban J connectivity index is 0.000000206. The van der Waals surface area contributed by atoms with E-state index in [1.54, 1.807) is 49.6 Å². The fourth-order valence-electron chi connectivity index (χ4n) is 10.4. The summed E-state index contributed by atoms with van der Waals surface area (Å²) in [6.45, 7) is 3.65. The van der Waals surface area contributed by atoms with Crippen molar-refractivity contribution in [1.29, 1.82) is 0 Å². The molecule has 0 spiro atoms. The molecular formula is C58H62N2O10. The second-order valence-electron chi connectivity index (χ2n) is 17.2. The van der Waals surface area contributed by atoms with E-state index >= 15 is 0 Å². The van der Waals surface area contributed by atoms with Crippen LogP contribution in [0.2, 0.25) is 0 Å². The molecule has 2 saturated heterocycles. The summed E-state index contributed by atoms with van der Waals surface area (Å²) >= 11 is 0. The zero-order valence-corrected chi connectivity index (χ0v) is 41.4. The second kappa shape index (κ2) is 24.8. The number of carbonyl (C=O) groups excluding carboxylic acids is 3. The number of carbonyl (C=O) groups is 3. The van der Waals surface area contributed by atoms with Gasteiger partial charge in [-0.05, 0) is 116 Å². The third-order valence-corrected chi connectivity index (χ3v) is 13.4. The number of hydrogen-bond donors (Lipinski definition) is 0. The first-order valence-corrected chi connectivity index (χ1v) is 23.5. The van der Waals surface area contributed by atoms with E-state index in [4.69, 9.17) is 28.6 Å². The Morgan fingerprint density at radius 3 is 1.30 bits per heavy atom. The quantitative estimate of drug-likeness (QED) is 0.119. The predicted octanol–water partition coefficient (Wildman–Crippen LogP) is 8.49. The second-order valence-corrected chi connectivity index (χ2v) is 17.2. The van der Waals surface area contributed by atoms with Gasteiger partial charge in [0.05, 0.1) is 61.3 Å². The molecule has 364 valence electrons. The Labute approximate surface area is 413 Å². The van der Waals surface area contributed by atoms with Crippen LogP contribution in [0.4, 0.5) is 0 Å². The van der Waals surface area contributed by atoms with E-state index in [2.05, 4.69) is 52.1 Å². The smallest absolute Gasteiger partial charge is 0.302 e. The largest absolute Gasteiger partial charge is 0.493 e. The molecule has 4 aliphatic rings. The molecule has 2 aliphatic heterocycles. The van der Waals surface area contributed by atoms with Crippen LogP contribution in [0.15, 0.2) is 97.1 Å². The third kappa shape index (κ3) is 11.7. The highest BCUT2D eigenvalue weighted by Gasteiger charge is 2.59. The van der Waals surface area contributed by atoms with E-state index < -0.39 is 10.8 Å². The Hall–Kier alpha value is -7.35. The van der Waals surface area contributed by atoms with E-state index in [1.165, 1.54) is 17.1 Å². The fourth-order valence-corrected chi connectivity index (χ4v) is 10.4. The standard InChI is InChI=1S/2C27H27NO4.C4H8O2/c2*1-30-23-16-15-22(18-24(23)31-2)27-17-9-14-21(26(27)28(32-3)25(29)19-27)13-8-7-12-20-10-5-4-6-11-20;1-3-6-4(2)5/h2*4-6,10-11,15-16,18,21,26H,9,14,17,19H2,1-3H3;3H2,1-2H3/t2*21-,26-,27-;/m10./s1. The maximum atomic E-state index is 13.0. The number of hydrogen-bond acceptors (Lipinski definition) is 10. The number of benzene rings is 4. The van der Waals surface area contributed by atoms with Crippen molar-refractivity contribution < 1.29 is 47.7 Å². The minimum atomic E-state index is -0.392. The van der Waals surface area contributed by atoms with Crippen LogP contribution >= 0.6 is 0 Å². The van der Waals surface area contributed by atoms with E-state index in [1.807, 2.05) is 97.1 Å². The first kappa shape index (κ1) is 52.0. The van der Waals surface area contributed by atoms with Gasteiger partial charge < -0.3 is 23.7 Å². The number of methoxy groups -OCH3 is 4. The van der Waals surface area contributed by atoms with Crippen LogP contribution in [0.3, 0.4) is 0 Å². The van der Waals surface area contributed by atoms with Crippen molar-refractivity contribution in [1.82, 2.24) is 10.1 Å². The summed E-state index contributed by atoms with van der Waals surface area (Å²) in [7, 11) is 9.59. The van der Waals surface area contributed by atoms with Gasteiger partial charge >= 0.3 is 5.97 Å². The maximum absolute atomic E-state index is 13.0. The number of fused-ring (bicyclic) bond motifs is 2. The normalized spacial score (nSPS) is 22.6. The monoisotopic (exact) mass is 946 g/mol. The number of rotatable bonds is 9. The maximum Gasteiger partial charge on any atom is 0.302 e. The lowest BCUT2D eigenvalue weighted by molar-refractivity contribution is -0.185. The summed E-state index contributed by atoms with van der Waals surface area (Å²) in [5.74, 6) is 27.2. The van der Waals surface area contributed by atoms with Crippen LogP contribution in [0.25, 0.3) is 0 Å². The molecule has 70 heavy (non-hydrogen) atoms. The summed E-state index contributed by atoms with van der Waals surface area (Å²) in [4.78, 5) is 46.9. The average Bonchev–Trinajstić information content (AvgIpc) is 3.87. The molecule has 0 N–H and O–H groups in total. The van der Waals surface area contributed by atoms with Crippen molar-refractivity contribution in [3.8, 4) is 70.4 Å². The molecule has 12 heteroatoms. The van der Waals surface area contributed by atoms with Crippen LogP contribution in [0.5, 0.6) is 23.0 Å². The summed E-state index contributed by atoms with van der Waals surface area (Å²) in [6.07, 6.45) is 6.27. The van der Waals surface area contributed by atoms with E-state index in [9.17, 15) is 14.4 Å². The Morgan fingerprint density at radius 2 is 0.971 bits per heavy atom. The van der Waals surface area contributed by atoms with Gasteiger partial charge in [0.25, 0.3) is 0 Å². The summed E-state index contributed by atoms with van der Waals surface area (Å²) in [5.41, 5.74) is 3.18. The van der Waals surface area contributed by atoms with Gasteiger partial charge in [0.2, 0.25) is 11.8 Å². The van der Waals surface area contributed by atoms with E-state index in [0.717, 1.165) is 60.8 Å². The zero-order chi connectivity index (χ0) is 50.1. The average molecular weight is 947 g/mol. The third-order valence-electron chi connectivity index (χ3n) is 13.4. The van der Waals surface area contributed by atoms with Crippen molar-refractivity contribution in [2.45, 2.75) is 88.1 Å². The van der Waals surface area contributed by atoms with E-state index in [0.29, 0.717) is 42.4 Å². The lowest BCUT2D eigenvalue weighted by atomic mass is 9.62. The highest BCUT2D eigenvalue weighted by molar-refractivity contribution is 5.82. The lowest BCUT2D eigenvalue weighted by Gasteiger charge is -2.43. The molecule has 2 heterocycles. The van der Waals surface area contributed by atoms with Crippen molar-refractivity contribution in [3.63, 3.8) is 0 Å². The van der Waals surface area contributed by atoms with Gasteiger partial charge in [0.15, 0.2) is 23.0 Å². The van der Waals surface area contributed by atoms with Crippen molar-refractivity contribution >= 4 is 17.8 Å². The van der Waals surface area contributed by atoms with Crippen molar-refractivity contribution in [3.05, 3.63) is 119 Å². The van der Waals surface area contributed by atoms with Gasteiger partial charge in [0, 0.05) is 53.6 Å². The molecule has 0 bridgehead atoms. The van der Waals surface area contributed by atoms with Gasteiger partial charge in [0.1, 0.15) is 0 Å². The molecule has 4 fully saturated rings. The highest BCUT2D eigenvalue weighted by Crippen LogP contribution is 2.54. The first-order valence-electron chi connectivity index (χ1n) is 23.5. The molecule has 8 rings (SSSR count). The number of esters is 1. The molecule has 4 aromatic rings. The molecule has 4 aromatic carbocycles. The Morgan fingerprint density at radius 1 is 0.571 bits per heavy atom.